The van der Waals surface area contributed by atoms with Crippen molar-refractivity contribution in [2.24, 2.45) is 5.92 Å². The average molecular weight is 404 g/mol. The van der Waals surface area contributed by atoms with E-state index in [1.54, 1.807) is 24.3 Å². The molecule has 28 heavy (non-hydrogen) atoms. The van der Waals surface area contributed by atoms with Gasteiger partial charge in [-0.05, 0) is 36.2 Å². The lowest BCUT2D eigenvalue weighted by atomic mass is 10.0. The quantitative estimate of drug-likeness (QED) is 0.606. The Kier molecular flexibility index (Phi) is 5.51. The zero-order valence-corrected chi connectivity index (χ0v) is 16.0. The number of nitro groups is 1. The first-order valence-electron chi connectivity index (χ1n) is 8.58. The highest BCUT2D eigenvalue weighted by Gasteiger charge is 2.38. The second kappa shape index (κ2) is 7.85. The van der Waals surface area contributed by atoms with Crippen LogP contribution in [0.15, 0.2) is 42.5 Å². The van der Waals surface area contributed by atoms with Crippen molar-refractivity contribution in [2.45, 2.75) is 20.0 Å². The maximum Gasteiger partial charge on any atom is 0.271 e. The zero-order valence-electron chi connectivity index (χ0n) is 15.2. The summed E-state index contributed by atoms with van der Waals surface area (Å²) < 4.78 is 5.72. The van der Waals surface area contributed by atoms with Crippen molar-refractivity contribution in [1.82, 2.24) is 0 Å². The number of non-ortho nitro benzene ring substituents is 1. The summed E-state index contributed by atoms with van der Waals surface area (Å²) in [5, 5.41) is 14.3. The summed E-state index contributed by atoms with van der Waals surface area (Å²) in [6, 6.07) is 10.5. The number of nitrogens with zero attached hydrogens (tertiary/aromatic N) is 2. The molecule has 0 spiro atoms. The van der Waals surface area contributed by atoms with Gasteiger partial charge in [0.15, 0.2) is 6.10 Å². The summed E-state index contributed by atoms with van der Waals surface area (Å²) in [4.78, 5) is 37.1. The standard InChI is InChI=1S/C19H18ClN3O5/c1-11(2)18-19(25)22(10-17(24)21-13-5-3-12(20)4-6-13)15-9-14(23(26)27)7-8-16(15)28-18/h3-9,11,18H,10H2,1-2H3,(H,21,24). The minimum atomic E-state index is -0.780. The molecule has 3 rings (SSSR count). The van der Waals surface area contributed by atoms with Gasteiger partial charge in [0, 0.05) is 22.8 Å². The number of carbonyl (C=O) groups is 2. The summed E-state index contributed by atoms with van der Waals surface area (Å²) in [6.45, 7) is 3.35. The molecule has 1 unspecified atom stereocenters. The fourth-order valence-electron chi connectivity index (χ4n) is 2.85. The summed E-state index contributed by atoms with van der Waals surface area (Å²) in [6.07, 6.45) is -0.780. The van der Waals surface area contributed by atoms with Crippen LogP contribution in [0.3, 0.4) is 0 Å². The molecule has 0 radical (unpaired) electrons. The molecule has 9 heteroatoms. The number of halogens is 1. The maximum atomic E-state index is 12.9. The van der Waals surface area contributed by atoms with Gasteiger partial charge in [-0.15, -0.1) is 0 Å². The third-order valence-corrected chi connectivity index (χ3v) is 4.49. The molecule has 0 aliphatic carbocycles. The number of hydrogen-bond acceptors (Lipinski definition) is 5. The number of amides is 2. The van der Waals surface area contributed by atoms with Crippen LogP contribution in [-0.4, -0.2) is 29.4 Å². The minimum absolute atomic E-state index is 0.141. The topological polar surface area (TPSA) is 102 Å². The summed E-state index contributed by atoms with van der Waals surface area (Å²) in [5.41, 5.74) is 0.526. The van der Waals surface area contributed by atoms with Crippen molar-refractivity contribution in [3.05, 3.63) is 57.6 Å². The van der Waals surface area contributed by atoms with Crippen LogP contribution in [0.25, 0.3) is 0 Å². The fourth-order valence-corrected chi connectivity index (χ4v) is 2.98. The predicted octanol–water partition coefficient (Wildman–Crippen LogP) is 3.64. The van der Waals surface area contributed by atoms with E-state index in [0.29, 0.717) is 16.5 Å². The molecule has 1 N–H and O–H groups in total. The monoisotopic (exact) mass is 403 g/mol. The van der Waals surface area contributed by atoms with Crippen molar-refractivity contribution in [1.29, 1.82) is 0 Å². The molecule has 0 saturated heterocycles. The van der Waals surface area contributed by atoms with Gasteiger partial charge in [0.05, 0.1) is 10.6 Å². The number of hydrogen-bond donors (Lipinski definition) is 1. The number of nitro benzene ring substituents is 1. The molecule has 0 fully saturated rings. The Hall–Kier alpha value is -3.13. The highest BCUT2D eigenvalue weighted by Crippen LogP contribution is 2.38. The van der Waals surface area contributed by atoms with E-state index >= 15 is 0 Å². The predicted molar refractivity (Wildman–Crippen MR) is 105 cm³/mol. The molecule has 0 aromatic heterocycles. The van der Waals surface area contributed by atoms with Crippen LogP contribution < -0.4 is 15.0 Å². The molecule has 1 heterocycles. The van der Waals surface area contributed by atoms with E-state index in [-0.39, 0.29) is 23.8 Å². The van der Waals surface area contributed by atoms with E-state index in [9.17, 15) is 19.7 Å². The Morgan fingerprint density at radius 3 is 2.57 bits per heavy atom. The van der Waals surface area contributed by atoms with E-state index in [1.165, 1.54) is 23.1 Å². The molecule has 1 aliphatic rings. The van der Waals surface area contributed by atoms with Crippen molar-refractivity contribution in [3.8, 4) is 5.75 Å². The minimum Gasteiger partial charge on any atom is -0.478 e. The SMILES string of the molecule is CC(C)C1Oc2ccc([N+](=O)[O-])cc2N(CC(=O)Nc2ccc(Cl)cc2)C1=O. The number of rotatable bonds is 5. The number of carbonyl (C=O) groups excluding carboxylic acids is 2. The van der Waals surface area contributed by atoms with E-state index in [2.05, 4.69) is 5.32 Å². The van der Waals surface area contributed by atoms with Crippen molar-refractivity contribution in [3.63, 3.8) is 0 Å². The number of fused-ring (bicyclic) bond motifs is 1. The van der Waals surface area contributed by atoms with E-state index in [0.717, 1.165) is 0 Å². The van der Waals surface area contributed by atoms with Crippen LogP contribution in [0.1, 0.15) is 13.8 Å². The van der Waals surface area contributed by atoms with Crippen LogP contribution in [0.2, 0.25) is 5.02 Å². The third-order valence-electron chi connectivity index (χ3n) is 4.24. The second-order valence-corrected chi connectivity index (χ2v) is 7.11. The van der Waals surface area contributed by atoms with Gasteiger partial charge in [-0.25, -0.2) is 0 Å². The molecule has 146 valence electrons. The maximum absolute atomic E-state index is 12.9. The number of anilines is 2. The van der Waals surface area contributed by atoms with E-state index < -0.39 is 22.8 Å². The van der Waals surface area contributed by atoms with Gasteiger partial charge in [0.25, 0.3) is 11.6 Å². The smallest absolute Gasteiger partial charge is 0.271 e. The van der Waals surface area contributed by atoms with Crippen LogP contribution in [0.5, 0.6) is 5.75 Å². The molecule has 8 nitrogen and oxygen atoms in total. The van der Waals surface area contributed by atoms with Crippen molar-refractivity contribution < 1.29 is 19.2 Å². The van der Waals surface area contributed by atoms with Gasteiger partial charge in [-0.2, -0.15) is 0 Å². The number of nitrogens with one attached hydrogen (secondary N) is 1. The van der Waals surface area contributed by atoms with Crippen molar-refractivity contribution >= 4 is 40.5 Å². The Bertz CT molecular complexity index is 930. The first-order chi connectivity index (χ1) is 13.3. The van der Waals surface area contributed by atoms with Gasteiger partial charge in [0.1, 0.15) is 12.3 Å². The van der Waals surface area contributed by atoms with Gasteiger partial charge >= 0.3 is 0 Å². The zero-order chi connectivity index (χ0) is 20.4. The third kappa shape index (κ3) is 4.07. The normalized spacial score (nSPS) is 15.8. The number of benzene rings is 2. The lowest BCUT2D eigenvalue weighted by molar-refractivity contribution is -0.384. The summed E-state index contributed by atoms with van der Waals surface area (Å²) in [7, 11) is 0. The van der Waals surface area contributed by atoms with Crippen LogP contribution in [-0.2, 0) is 9.59 Å². The van der Waals surface area contributed by atoms with Crippen molar-refractivity contribution in [2.75, 3.05) is 16.8 Å². The Morgan fingerprint density at radius 2 is 1.96 bits per heavy atom. The molecule has 1 atom stereocenters. The van der Waals surface area contributed by atoms with Gasteiger partial charge in [0.2, 0.25) is 5.91 Å². The molecular weight excluding hydrogens is 386 g/mol. The largest absolute Gasteiger partial charge is 0.478 e. The van der Waals surface area contributed by atoms with Crippen LogP contribution in [0, 0.1) is 16.0 Å². The molecule has 0 bridgehead atoms. The summed E-state index contributed by atoms with van der Waals surface area (Å²) in [5.74, 6) is -0.687. The van der Waals surface area contributed by atoms with E-state index in [1.807, 2.05) is 13.8 Å². The second-order valence-electron chi connectivity index (χ2n) is 6.67. The lowest BCUT2D eigenvalue weighted by Crippen LogP contribution is -2.50. The molecule has 2 amide bonds. The van der Waals surface area contributed by atoms with E-state index in [4.69, 9.17) is 16.3 Å². The summed E-state index contributed by atoms with van der Waals surface area (Å²) >= 11 is 5.83. The van der Waals surface area contributed by atoms with Gasteiger partial charge in [-0.3, -0.25) is 24.6 Å². The van der Waals surface area contributed by atoms with Crippen LogP contribution >= 0.6 is 11.6 Å². The van der Waals surface area contributed by atoms with Crippen LogP contribution in [0.4, 0.5) is 17.1 Å². The van der Waals surface area contributed by atoms with Gasteiger partial charge in [-0.1, -0.05) is 25.4 Å². The molecule has 2 aromatic carbocycles. The first kappa shape index (κ1) is 19.6. The Labute approximate surface area is 166 Å². The highest BCUT2D eigenvalue weighted by molar-refractivity contribution is 6.30. The lowest BCUT2D eigenvalue weighted by Gasteiger charge is -2.35. The molecule has 0 saturated carbocycles. The number of ether oxygens (including phenoxy) is 1. The highest BCUT2D eigenvalue weighted by atomic mass is 35.5. The average Bonchev–Trinajstić information content (AvgIpc) is 2.65. The Balaban J connectivity index is 1.89. The molecule has 2 aromatic rings. The van der Waals surface area contributed by atoms with Gasteiger partial charge < -0.3 is 10.1 Å². The molecule has 1 aliphatic heterocycles. The fraction of sp³-hybridized carbons (Fsp3) is 0.263. The first-order valence-corrected chi connectivity index (χ1v) is 8.96. The Morgan fingerprint density at radius 1 is 1.29 bits per heavy atom. The molecular formula is C19H18ClN3O5.